The minimum atomic E-state index is -0.816. The van der Waals surface area contributed by atoms with E-state index >= 15 is 0 Å². The highest BCUT2D eigenvalue weighted by molar-refractivity contribution is 6.29. The summed E-state index contributed by atoms with van der Waals surface area (Å²) in [4.78, 5) is 30.1. The van der Waals surface area contributed by atoms with Crippen LogP contribution >= 0.6 is 11.6 Å². The molecule has 0 aromatic carbocycles. The minimum absolute atomic E-state index is 0.107. The normalized spacial score (nSPS) is 26.0. The molecule has 23 heavy (non-hydrogen) atoms. The number of piperidine rings is 1. The lowest BCUT2D eigenvalue weighted by molar-refractivity contribution is -0.125. The van der Waals surface area contributed by atoms with E-state index in [4.69, 9.17) is 11.6 Å². The molecule has 0 aromatic rings. The Balaban J connectivity index is 1.99. The fourth-order valence-electron chi connectivity index (χ4n) is 3.10. The van der Waals surface area contributed by atoms with Crippen LogP contribution in [-0.4, -0.2) is 54.5 Å². The number of imide groups is 1. The molecule has 0 radical (unpaired) electrons. The standard InChI is InChI=1S/C15H24ClN5O2/c1-4-17-13(18-9-10(2)16)21-7-5-11(6-8-21)15(3)12(22)19-14(23)20-15/h11H,2,4-9H2,1,3H3,(H,17,18)(H2,19,20,22,23). The molecule has 0 saturated carbocycles. The first-order valence-corrected chi connectivity index (χ1v) is 8.24. The van der Waals surface area contributed by atoms with Crippen molar-refractivity contribution in [1.82, 2.24) is 20.9 Å². The van der Waals surface area contributed by atoms with Crippen LogP contribution < -0.4 is 16.0 Å². The van der Waals surface area contributed by atoms with Crippen LogP contribution in [0.1, 0.15) is 26.7 Å². The van der Waals surface area contributed by atoms with Gasteiger partial charge in [-0.3, -0.25) is 10.1 Å². The molecular formula is C15H24ClN5O2. The Labute approximate surface area is 141 Å². The Hall–Kier alpha value is -1.76. The van der Waals surface area contributed by atoms with Crippen molar-refractivity contribution in [3.05, 3.63) is 11.6 Å². The van der Waals surface area contributed by atoms with Crippen LogP contribution in [0.5, 0.6) is 0 Å². The third-order valence-electron chi connectivity index (χ3n) is 4.42. The highest BCUT2D eigenvalue weighted by Crippen LogP contribution is 2.30. The summed E-state index contributed by atoms with van der Waals surface area (Å²) in [7, 11) is 0. The van der Waals surface area contributed by atoms with Crippen LogP contribution in [0.2, 0.25) is 0 Å². The predicted molar refractivity (Wildman–Crippen MR) is 90.3 cm³/mol. The molecule has 1 atom stereocenters. The number of carbonyl (C=O) groups excluding carboxylic acids is 2. The smallest absolute Gasteiger partial charge is 0.322 e. The summed E-state index contributed by atoms with van der Waals surface area (Å²) >= 11 is 5.79. The number of nitrogens with zero attached hydrogens (tertiary/aromatic N) is 2. The molecule has 2 saturated heterocycles. The SMILES string of the molecule is C=C(Cl)CN=C(NCC)N1CCC(C2(C)NC(=O)NC2=O)CC1. The molecule has 2 aliphatic rings. The number of aliphatic imine (C=N–C) groups is 1. The van der Waals surface area contributed by atoms with E-state index in [1.165, 1.54) is 0 Å². The van der Waals surface area contributed by atoms with Gasteiger partial charge < -0.3 is 15.5 Å². The van der Waals surface area contributed by atoms with E-state index in [1.807, 2.05) is 6.92 Å². The van der Waals surface area contributed by atoms with Gasteiger partial charge in [-0.1, -0.05) is 18.2 Å². The molecule has 2 rings (SSSR count). The molecule has 2 heterocycles. The lowest BCUT2D eigenvalue weighted by atomic mass is 9.79. The second kappa shape index (κ2) is 7.21. The van der Waals surface area contributed by atoms with Gasteiger partial charge in [0.25, 0.3) is 5.91 Å². The molecule has 1 unspecified atom stereocenters. The van der Waals surface area contributed by atoms with Gasteiger partial charge in [-0.05, 0) is 32.6 Å². The van der Waals surface area contributed by atoms with Gasteiger partial charge in [0, 0.05) is 24.7 Å². The number of rotatable bonds is 4. The monoisotopic (exact) mass is 341 g/mol. The molecule has 2 fully saturated rings. The average Bonchev–Trinajstić information content (AvgIpc) is 2.77. The summed E-state index contributed by atoms with van der Waals surface area (Å²) in [6.45, 7) is 10.1. The van der Waals surface area contributed by atoms with E-state index < -0.39 is 11.6 Å². The number of guanidine groups is 1. The molecule has 8 heteroatoms. The number of hydrogen-bond donors (Lipinski definition) is 3. The van der Waals surface area contributed by atoms with Gasteiger partial charge >= 0.3 is 6.03 Å². The van der Waals surface area contributed by atoms with E-state index in [0.29, 0.717) is 11.6 Å². The molecule has 3 amide bonds. The van der Waals surface area contributed by atoms with E-state index in [9.17, 15) is 9.59 Å². The van der Waals surface area contributed by atoms with Gasteiger partial charge in [0.2, 0.25) is 0 Å². The lowest BCUT2D eigenvalue weighted by Gasteiger charge is -2.39. The maximum Gasteiger partial charge on any atom is 0.322 e. The molecule has 128 valence electrons. The van der Waals surface area contributed by atoms with E-state index in [1.54, 1.807) is 6.92 Å². The summed E-state index contributed by atoms with van der Waals surface area (Å²) in [5, 5.41) is 8.83. The van der Waals surface area contributed by atoms with E-state index in [-0.39, 0.29) is 11.8 Å². The van der Waals surface area contributed by atoms with Gasteiger partial charge in [0.1, 0.15) is 5.54 Å². The molecule has 3 N–H and O–H groups in total. The molecule has 7 nitrogen and oxygen atoms in total. The zero-order valence-corrected chi connectivity index (χ0v) is 14.4. The summed E-state index contributed by atoms with van der Waals surface area (Å²) in [5.74, 6) is 0.675. The van der Waals surface area contributed by atoms with Crippen molar-refractivity contribution in [3.8, 4) is 0 Å². The topological polar surface area (TPSA) is 85.8 Å². The number of hydrogen-bond acceptors (Lipinski definition) is 3. The van der Waals surface area contributed by atoms with Crippen LogP contribution in [0.4, 0.5) is 4.79 Å². The van der Waals surface area contributed by atoms with Crippen molar-refractivity contribution >= 4 is 29.5 Å². The molecular weight excluding hydrogens is 318 g/mol. The zero-order valence-electron chi connectivity index (χ0n) is 13.6. The fraction of sp³-hybridized carbons (Fsp3) is 0.667. The van der Waals surface area contributed by atoms with E-state index in [2.05, 4.69) is 32.4 Å². The highest BCUT2D eigenvalue weighted by atomic mass is 35.5. The van der Waals surface area contributed by atoms with Crippen molar-refractivity contribution in [2.75, 3.05) is 26.2 Å². The first kappa shape index (κ1) is 17.6. The van der Waals surface area contributed by atoms with Crippen LogP contribution in [0.15, 0.2) is 16.6 Å². The molecule has 0 spiro atoms. The average molecular weight is 342 g/mol. The van der Waals surface area contributed by atoms with Crippen molar-refractivity contribution in [1.29, 1.82) is 0 Å². The Morgan fingerprint density at radius 1 is 1.48 bits per heavy atom. The van der Waals surface area contributed by atoms with Crippen LogP contribution in [0.3, 0.4) is 0 Å². The van der Waals surface area contributed by atoms with Crippen LogP contribution in [-0.2, 0) is 4.79 Å². The molecule has 0 aromatic heterocycles. The first-order valence-electron chi connectivity index (χ1n) is 7.87. The largest absolute Gasteiger partial charge is 0.357 e. The number of carbonyl (C=O) groups is 2. The zero-order chi connectivity index (χ0) is 17.0. The summed E-state index contributed by atoms with van der Waals surface area (Å²) in [6.07, 6.45) is 1.60. The van der Waals surface area contributed by atoms with Crippen LogP contribution in [0.25, 0.3) is 0 Å². The van der Waals surface area contributed by atoms with Crippen molar-refractivity contribution < 1.29 is 9.59 Å². The first-order chi connectivity index (χ1) is 10.9. The third kappa shape index (κ3) is 3.96. The lowest BCUT2D eigenvalue weighted by Crippen LogP contribution is -2.55. The summed E-state index contributed by atoms with van der Waals surface area (Å²) in [5.41, 5.74) is -0.816. The maximum atomic E-state index is 12.0. The Morgan fingerprint density at radius 3 is 2.61 bits per heavy atom. The maximum absolute atomic E-state index is 12.0. The molecule has 0 aliphatic carbocycles. The third-order valence-corrected chi connectivity index (χ3v) is 4.54. The predicted octanol–water partition coefficient (Wildman–Crippen LogP) is 1.01. The number of amides is 3. The Kier molecular flexibility index (Phi) is 5.51. The quantitative estimate of drug-likeness (QED) is 0.405. The molecule has 2 aliphatic heterocycles. The van der Waals surface area contributed by atoms with Crippen LogP contribution in [0, 0.1) is 5.92 Å². The summed E-state index contributed by atoms with van der Waals surface area (Å²) in [6, 6.07) is -0.407. The van der Waals surface area contributed by atoms with Gasteiger partial charge in [0.05, 0.1) is 6.54 Å². The van der Waals surface area contributed by atoms with Crippen molar-refractivity contribution in [2.45, 2.75) is 32.2 Å². The second-order valence-corrected chi connectivity index (χ2v) is 6.59. The van der Waals surface area contributed by atoms with Gasteiger partial charge in [-0.15, -0.1) is 0 Å². The Bertz CT molecular complexity index is 528. The summed E-state index contributed by atoms with van der Waals surface area (Å²) < 4.78 is 0. The Morgan fingerprint density at radius 2 is 2.13 bits per heavy atom. The van der Waals surface area contributed by atoms with Gasteiger partial charge in [-0.2, -0.15) is 0 Å². The fourth-order valence-corrected chi connectivity index (χ4v) is 3.16. The van der Waals surface area contributed by atoms with Crippen molar-refractivity contribution in [2.24, 2.45) is 10.9 Å². The second-order valence-electron chi connectivity index (χ2n) is 6.06. The molecule has 0 bridgehead atoms. The van der Waals surface area contributed by atoms with Gasteiger partial charge in [-0.25, -0.2) is 9.79 Å². The minimum Gasteiger partial charge on any atom is -0.357 e. The van der Waals surface area contributed by atoms with E-state index in [0.717, 1.165) is 38.4 Å². The van der Waals surface area contributed by atoms with Gasteiger partial charge in [0.15, 0.2) is 5.96 Å². The number of likely N-dealkylation sites (tertiary alicyclic amines) is 1. The van der Waals surface area contributed by atoms with Crippen molar-refractivity contribution in [3.63, 3.8) is 0 Å². The number of urea groups is 1. The number of halogens is 1. The number of nitrogens with one attached hydrogen (secondary N) is 3. The highest BCUT2D eigenvalue weighted by Gasteiger charge is 2.48.